The van der Waals surface area contributed by atoms with Gasteiger partial charge in [0, 0.05) is 48.9 Å². The number of rotatable bonds is 8. The van der Waals surface area contributed by atoms with Crippen LogP contribution in [0, 0.1) is 11.2 Å². The molecule has 7 aliphatic rings. The third-order valence-corrected chi connectivity index (χ3v) is 12.5. The first-order chi connectivity index (χ1) is 22.8. The fourth-order valence-corrected chi connectivity index (χ4v) is 10.2. The minimum absolute atomic E-state index is 0.0240. The van der Waals surface area contributed by atoms with E-state index < -0.39 is 17.9 Å². The molecule has 47 heavy (non-hydrogen) atoms. The number of nitrogens with one attached hydrogen (secondary N) is 1. The van der Waals surface area contributed by atoms with Gasteiger partial charge in [-0.3, -0.25) is 14.6 Å². The molecule has 3 atom stereocenters. The molecule has 0 spiro atoms. The monoisotopic (exact) mass is 654 g/mol. The van der Waals surface area contributed by atoms with Crippen molar-refractivity contribution in [3.8, 4) is 11.1 Å². The summed E-state index contributed by atoms with van der Waals surface area (Å²) in [6.45, 7) is 4.03. The standard InChI is InChI=1S/C36H39FN6O3S/c37-28-15-23(22-3-5-24(6-4-22)36-17-35(18-36,19-36)20-41-11-7-25(44)8-12-41)14-26-27(28)16-43(33(26)46)31(32(45)40-34-38-9-13-47-34)30-29-2-1-10-42(29)21-39-30/h3-6,9,13-15,21,25,29-31,44H,1-2,7-8,10-12,16-20H2,(H,38,40,45). The number of hydrogen-bond acceptors (Lipinski definition) is 8. The molecular weight excluding hydrogens is 616 g/mol. The summed E-state index contributed by atoms with van der Waals surface area (Å²) in [5.74, 6) is -1.12. The molecule has 3 unspecified atom stereocenters. The zero-order valence-corrected chi connectivity index (χ0v) is 27.1. The summed E-state index contributed by atoms with van der Waals surface area (Å²) < 4.78 is 15.8. The van der Waals surface area contributed by atoms with E-state index >= 15 is 4.39 Å². The number of nitrogens with zero attached hydrogens (tertiary/aromatic N) is 5. The van der Waals surface area contributed by atoms with Gasteiger partial charge in [0.1, 0.15) is 17.9 Å². The minimum Gasteiger partial charge on any atom is -0.393 e. The number of aliphatic imine (C=N–C) groups is 1. The van der Waals surface area contributed by atoms with Crippen molar-refractivity contribution < 1.29 is 19.1 Å². The van der Waals surface area contributed by atoms with Gasteiger partial charge in [0.25, 0.3) is 11.8 Å². The second-order valence-corrected chi connectivity index (χ2v) is 15.7. The SMILES string of the molecule is O=C(Nc1nccs1)C(C1N=CN2CCCC12)N1Cc2c(F)cc(-c3ccc(C45CC(CN6CCC(O)CC6)(C4)C5)cc3)cc2C1=O. The normalized spacial score (nSPS) is 30.2. The Labute approximate surface area is 277 Å². The smallest absolute Gasteiger partial charge is 0.255 e. The quantitative estimate of drug-likeness (QED) is 0.367. The zero-order valence-electron chi connectivity index (χ0n) is 26.3. The van der Waals surface area contributed by atoms with Crippen molar-refractivity contribution in [1.82, 2.24) is 19.7 Å². The molecule has 0 radical (unpaired) electrons. The molecule has 1 aromatic heterocycles. The van der Waals surface area contributed by atoms with Gasteiger partial charge in [-0.05, 0) is 84.6 Å². The predicted molar refractivity (Wildman–Crippen MR) is 178 cm³/mol. The van der Waals surface area contributed by atoms with Crippen molar-refractivity contribution in [3.05, 3.63) is 70.5 Å². The second kappa shape index (κ2) is 10.9. The van der Waals surface area contributed by atoms with E-state index in [1.54, 1.807) is 24.0 Å². The second-order valence-electron chi connectivity index (χ2n) is 14.8. The molecule has 244 valence electrons. The van der Waals surface area contributed by atoms with E-state index in [1.807, 2.05) is 0 Å². The van der Waals surface area contributed by atoms with Crippen molar-refractivity contribution in [2.45, 2.75) is 81.1 Å². The van der Waals surface area contributed by atoms with Crippen molar-refractivity contribution in [1.29, 1.82) is 0 Å². The Morgan fingerprint density at radius 1 is 1.09 bits per heavy atom. The molecule has 9 nitrogen and oxygen atoms in total. The highest BCUT2D eigenvalue weighted by molar-refractivity contribution is 7.13. The number of likely N-dealkylation sites (tertiary alicyclic amines) is 1. The minimum atomic E-state index is -0.886. The van der Waals surface area contributed by atoms with Gasteiger partial charge in [-0.1, -0.05) is 24.3 Å². The van der Waals surface area contributed by atoms with Gasteiger partial charge in [-0.2, -0.15) is 0 Å². The predicted octanol–water partition coefficient (Wildman–Crippen LogP) is 4.67. The summed E-state index contributed by atoms with van der Waals surface area (Å²) in [5.41, 5.74) is 4.19. The number of benzene rings is 2. The number of anilines is 1. The highest BCUT2D eigenvalue weighted by atomic mass is 32.1. The van der Waals surface area contributed by atoms with Gasteiger partial charge < -0.3 is 25.1 Å². The lowest BCUT2D eigenvalue weighted by atomic mass is 9.33. The Balaban J connectivity index is 0.927. The molecule has 3 aliphatic carbocycles. The van der Waals surface area contributed by atoms with Gasteiger partial charge in [-0.15, -0.1) is 11.3 Å². The number of hydrogen-bond donors (Lipinski definition) is 2. The van der Waals surface area contributed by atoms with Crippen LogP contribution in [0.3, 0.4) is 0 Å². The van der Waals surface area contributed by atoms with E-state index in [4.69, 9.17) is 4.99 Å². The first-order valence-corrected chi connectivity index (χ1v) is 17.8. The average Bonchev–Trinajstić information content (AvgIpc) is 3.84. The topological polar surface area (TPSA) is 101 Å². The van der Waals surface area contributed by atoms with Crippen molar-refractivity contribution in [2.24, 2.45) is 10.4 Å². The van der Waals surface area contributed by atoms with Crippen LogP contribution in [-0.2, 0) is 16.8 Å². The summed E-state index contributed by atoms with van der Waals surface area (Å²) >= 11 is 1.32. The average molecular weight is 655 g/mol. The highest BCUT2D eigenvalue weighted by Gasteiger charge is 2.68. The number of amides is 2. The Bertz CT molecular complexity index is 1730. The number of fused-ring (bicyclic) bond motifs is 2. The molecule has 2 aromatic carbocycles. The molecule has 2 saturated heterocycles. The Morgan fingerprint density at radius 2 is 1.87 bits per heavy atom. The molecule has 3 aromatic rings. The highest BCUT2D eigenvalue weighted by Crippen LogP contribution is 2.73. The van der Waals surface area contributed by atoms with E-state index in [0.29, 0.717) is 27.2 Å². The molecular formula is C36H39FN6O3S. The molecule has 4 aliphatic heterocycles. The van der Waals surface area contributed by atoms with Gasteiger partial charge in [-0.25, -0.2) is 9.37 Å². The molecule has 11 heteroatoms. The van der Waals surface area contributed by atoms with Crippen LogP contribution < -0.4 is 5.32 Å². The lowest BCUT2D eigenvalue weighted by Crippen LogP contribution is -2.68. The van der Waals surface area contributed by atoms with Crippen LogP contribution in [0.1, 0.15) is 66.4 Å². The van der Waals surface area contributed by atoms with Gasteiger partial charge >= 0.3 is 0 Å². The van der Waals surface area contributed by atoms with Crippen LogP contribution in [0.25, 0.3) is 11.1 Å². The molecule has 10 rings (SSSR count). The van der Waals surface area contributed by atoms with Crippen LogP contribution in [0.4, 0.5) is 9.52 Å². The van der Waals surface area contributed by atoms with Crippen LogP contribution in [0.5, 0.6) is 0 Å². The maximum absolute atomic E-state index is 15.8. The fraction of sp³-hybridized carbons (Fsp3) is 0.500. The molecule has 2 bridgehead atoms. The maximum Gasteiger partial charge on any atom is 0.255 e. The Morgan fingerprint density at radius 3 is 2.62 bits per heavy atom. The lowest BCUT2D eigenvalue weighted by Gasteiger charge is -2.72. The van der Waals surface area contributed by atoms with Crippen LogP contribution in [0.15, 0.2) is 53.0 Å². The number of aliphatic hydroxyl groups is 1. The summed E-state index contributed by atoms with van der Waals surface area (Å²) in [7, 11) is 0. The van der Waals surface area contributed by atoms with E-state index in [1.165, 1.54) is 47.1 Å². The first-order valence-electron chi connectivity index (χ1n) is 16.9. The lowest BCUT2D eigenvalue weighted by molar-refractivity contribution is -0.159. The number of aliphatic hydroxyl groups excluding tert-OH is 1. The van der Waals surface area contributed by atoms with E-state index in [0.717, 1.165) is 57.4 Å². The Hall–Kier alpha value is -3.67. The third-order valence-electron chi connectivity index (χ3n) is 11.8. The number of carbonyl (C=O) groups is 2. The Kier molecular flexibility index (Phi) is 6.85. The molecule has 2 amide bonds. The van der Waals surface area contributed by atoms with Crippen LogP contribution in [0.2, 0.25) is 0 Å². The first kappa shape index (κ1) is 29.5. The van der Waals surface area contributed by atoms with Crippen LogP contribution >= 0.6 is 11.3 Å². The molecule has 5 heterocycles. The fourth-order valence-electron chi connectivity index (χ4n) is 9.64. The van der Waals surface area contributed by atoms with E-state index in [9.17, 15) is 14.7 Å². The number of halogens is 1. The summed E-state index contributed by atoms with van der Waals surface area (Å²) in [6, 6.07) is 10.5. The van der Waals surface area contributed by atoms with Crippen LogP contribution in [-0.4, -0.2) is 93.4 Å². The van der Waals surface area contributed by atoms with Crippen molar-refractivity contribution in [2.75, 3.05) is 31.5 Å². The molecule has 5 fully saturated rings. The van der Waals surface area contributed by atoms with Gasteiger partial charge in [0.15, 0.2) is 5.13 Å². The summed E-state index contributed by atoms with van der Waals surface area (Å²) in [6.07, 6.45) is 10.6. The van der Waals surface area contributed by atoms with Gasteiger partial charge in [0.05, 0.1) is 25.0 Å². The van der Waals surface area contributed by atoms with Crippen molar-refractivity contribution in [3.63, 3.8) is 0 Å². The largest absolute Gasteiger partial charge is 0.393 e. The van der Waals surface area contributed by atoms with E-state index in [2.05, 4.69) is 44.4 Å². The van der Waals surface area contributed by atoms with E-state index in [-0.39, 0.29) is 35.9 Å². The van der Waals surface area contributed by atoms with Gasteiger partial charge in [0.2, 0.25) is 0 Å². The number of carbonyl (C=O) groups excluding carboxylic acids is 2. The zero-order chi connectivity index (χ0) is 31.9. The number of aromatic nitrogens is 1. The number of thiazole rings is 1. The number of piperidine rings is 1. The molecule has 3 saturated carbocycles. The summed E-state index contributed by atoms with van der Waals surface area (Å²) in [5, 5.41) is 15.0. The summed E-state index contributed by atoms with van der Waals surface area (Å²) in [4.78, 5) is 42.9. The third kappa shape index (κ3) is 4.84. The maximum atomic E-state index is 15.8. The molecule has 2 N–H and O–H groups in total. The van der Waals surface area contributed by atoms with Crippen molar-refractivity contribution >= 4 is 34.6 Å².